The number of rotatable bonds is 4. The SMILES string of the molecule is CC(C)OCCNC1=NCCCCC1. The van der Waals surface area contributed by atoms with Crippen LogP contribution in [0.5, 0.6) is 0 Å². The topological polar surface area (TPSA) is 33.6 Å². The third kappa shape index (κ3) is 5.22. The average molecular weight is 198 g/mol. The molecular weight excluding hydrogens is 176 g/mol. The number of amidine groups is 1. The van der Waals surface area contributed by atoms with Gasteiger partial charge in [-0.3, -0.25) is 4.99 Å². The van der Waals surface area contributed by atoms with Crippen LogP contribution in [0.2, 0.25) is 0 Å². The number of hydrogen-bond donors (Lipinski definition) is 1. The maximum absolute atomic E-state index is 5.45. The van der Waals surface area contributed by atoms with Gasteiger partial charge < -0.3 is 10.1 Å². The molecule has 0 bridgehead atoms. The van der Waals surface area contributed by atoms with Crippen LogP contribution in [0.25, 0.3) is 0 Å². The van der Waals surface area contributed by atoms with Crippen molar-refractivity contribution in [2.45, 2.75) is 45.6 Å². The number of nitrogens with one attached hydrogen (secondary N) is 1. The van der Waals surface area contributed by atoms with Gasteiger partial charge in [-0.2, -0.15) is 0 Å². The van der Waals surface area contributed by atoms with E-state index in [0.717, 1.165) is 26.1 Å². The van der Waals surface area contributed by atoms with Gasteiger partial charge in [0.25, 0.3) is 0 Å². The summed E-state index contributed by atoms with van der Waals surface area (Å²) in [5.74, 6) is 1.18. The van der Waals surface area contributed by atoms with Crippen LogP contribution in [0, 0.1) is 0 Å². The summed E-state index contributed by atoms with van der Waals surface area (Å²) < 4.78 is 5.45. The molecule has 82 valence electrons. The Bertz CT molecular complexity index is 178. The fraction of sp³-hybridized carbons (Fsp3) is 0.909. The first-order chi connectivity index (χ1) is 6.79. The fourth-order valence-electron chi connectivity index (χ4n) is 1.51. The monoisotopic (exact) mass is 198 g/mol. The summed E-state index contributed by atoms with van der Waals surface area (Å²) in [5.41, 5.74) is 0. The van der Waals surface area contributed by atoms with Crippen LogP contribution in [-0.4, -0.2) is 31.6 Å². The molecule has 1 rings (SSSR count). The normalized spacial score (nSPS) is 17.8. The van der Waals surface area contributed by atoms with E-state index in [1.54, 1.807) is 0 Å². The lowest BCUT2D eigenvalue weighted by Crippen LogP contribution is -2.28. The third-order valence-electron chi connectivity index (χ3n) is 2.26. The van der Waals surface area contributed by atoms with Crippen molar-refractivity contribution in [3.8, 4) is 0 Å². The van der Waals surface area contributed by atoms with E-state index < -0.39 is 0 Å². The van der Waals surface area contributed by atoms with Crippen molar-refractivity contribution in [1.82, 2.24) is 5.32 Å². The molecule has 0 fully saturated rings. The van der Waals surface area contributed by atoms with Crippen molar-refractivity contribution in [3.05, 3.63) is 0 Å². The van der Waals surface area contributed by atoms with Gasteiger partial charge in [0.05, 0.1) is 18.5 Å². The van der Waals surface area contributed by atoms with E-state index in [-0.39, 0.29) is 0 Å². The first-order valence-electron chi connectivity index (χ1n) is 5.68. The summed E-state index contributed by atoms with van der Waals surface area (Å²) in [6.45, 7) is 6.77. The second kappa shape index (κ2) is 6.82. The maximum Gasteiger partial charge on any atom is 0.0963 e. The van der Waals surface area contributed by atoms with Crippen LogP contribution in [0.15, 0.2) is 4.99 Å². The number of ether oxygens (including phenoxy) is 1. The molecule has 1 heterocycles. The van der Waals surface area contributed by atoms with Crippen LogP contribution in [0.4, 0.5) is 0 Å². The first kappa shape index (κ1) is 11.5. The quantitative estimate of drug-likeness (QED) is 0.701. The van der Waals surface area contributed by atoms with Gasteiger partial charge in [0, 0.05) is 19.5 Å². The summed E-state index contributed by atoms with van der Waals surface area (Å²) in [6, 6.07) is 0. The second-order valence-electron chi connectivity index (χ2n) is 3.99. The van der Waals surface area contributed by atoms with Crippen LogP contribution in [-0.2, 0) is 4.74 Å². The largest absolute Gasteiger partial charge is 0.377 e. The standard InChI is InChI=1S/C11H22N2O/c1-10(2)14-9-8-13-11-6-4-3-5-7-12-11/h10H,3-9H2,1-2H3,(H,12,13). The summed E-state index contributed by atoms with van der Waals surface area (Å²) in [6.07, 6.45) is 5.27. The lowest BCUT2D eigenvalue weighted by molar-refractivity contribution is 0.0830. The predicted octanol–water partition coefficient (Wildman–Crippen LogP) is 1.97. The van der Waals surface area contributed by atoms with Gasteiger partial charge in [-0.05, 0) is 26.7 Å². The molecule has 1 aliphatic rings. The van der Waals surface area contributed by atoms with Gasteiger partial charge in [-0.1, -0.05) is 6.42 Å². The highest BCUT2D eigenvalue weighted by Gasteiger charge is 2.02. The molecule has 0 saturated carbocycles. The van der Waals surface area contributed by atoms with E-state index in [1.807, 2.05) is 0 Å². The summed E-state index contributed by atoms with van der Waals surface area (Å²) in [5, 5.41) is 3.34. The van der Waals surface area contributed by atoms with Crippen LogP contribution >= 0.6 is 0 Å². The molecular formula is C11H22N2O. The molecule has 3 nitrogen and oxygen atoms in total. The zero-order chi connectivity index (χ0) is 10.2. The maximum atomic E-state index is 5.45. The van der Waals surface area contributed by atoms with Crippen molar-refractivity contribution >= 4 is 5.84 Å². The highest BCUT2D eigenvalue weighted by molar-refractivity contribution is 5.82. The Morgan fingerprint density at radius 1 is 1.36 bits per heavy atom. The third-order valence-corrected chi connectivity index (χ3v) is 2.26. The van der Waals surface area contributed by atoms with Gasteiger partial charge in [0.1, 0.15) is 0 Å². The fourth-order valence-corrected chi connectivity index (χ4v) is 1.51. The molecule has 0 unspecified atom stereocenters. The van der Waals surface area contributed by atoms with Crippen LogP contribution < -0.4 is 5.32 Å². The van der Waals surface area contributed by atoms with E-state index >= 15 is 0 Å². The Hall–Kier alpha value is -0.570. The minimum absolute atomic E-state index is 0.327. The van der Waals surface area contributed by atoms with Crippen LogP contribution in [0.3, 0.4) is 0 Å². The minimum atomic E-state index is 0.327. The summed E-state index contributed by atoms with van der Waals surface area (Å²) in [4.78, 5) is 4.49. The highest BCUT2D eigenvalue weighted by atomic mass is 16.5. The Morgan fingerprint density at radius 2 is 2.21 bits per heavy atom. The molecule has 0 saturated heterocycles. The van der Waals surface area contributed by atoms with Gasteiger partial charge in [-0.25, -0.2) is 0 Å². The molecule has 1 aliphatic heterocycles. The van der Waals surface area contributed by atoms with Crippen molar-refractivity contribution in [1.29, 1.82) is 0 Å². The van der Waals surface area contributed by atoms with Gasteiger partial charge in [0.15, 0.2) is 0 Å². The molecule has 0 atom stereocenters. The Balaban J connectivity index is 2.07. The number of hydrogen-bond acceptors (Lipinski definition) is 3. The van der Waals surface area contributed by atoms with Gasteiger partial charge in [0.2, 0.25) is 0 Å². The Labute approximate surface area is 86.9 Å². The molecule has 1 N–H and O–H groups in total. The second-order valence-corrected chi connectivity index (χ2v) is 3.99. The van der Waals surface area contributed by atoms with Gasteiger partial charge >= 0.3 is 0 Å². The zero-order valence-corrected chi connectivity index (χ0v) is 9.38. The molecule has 3 heteroatoms. The predicted molar refractivity (Wildman–Crippen MR) is 59.9 cm³/mol. The van der Waals surface area contributed by atoms with E-state index in [9.17, 15) is 0 Å². The molecule has 0 aliphatic carbocycles. The summed E-state index contributed by atoms with van der Waals surface area (Å²) >= 11 is 0. The molecule has 0 spiro atoms. The van der Waals surface area contributed by atoms with E-state index in [4.69, 9.17) is 4.74 Å². The summed E-state index contributed by atoms with van der Waals surface area (Å²) in [7, 11) is 0. The molecule has 0 radical (unpaired) electrons. The van der Waals surface area contributed by atoms with Crippen molar-refractivity contribution in [2.24, 2.45) is 4.99 Å². The Kier molecular flexibility index (Phi) is 5.60. The number of aliphatic imine (C=N–C) groups is 1. The van der Waals surface area contributed by atoms with Crippen molar-refractivity contribution in [2.75, 3.05) is 19.7 Å². The zero-order valence-electron chi connectivity index (χ0n) is 9.38. The lowest BCUT2D eigenvalue weighted by Gasteiger charge is -2.10. The molecule has 0 aromatic heterocycles. The molecule has 0 aromatic carbocycles. The van der Waals surface area contributed by atoms with E-state index in [1.165, 1.54) is 25.1 Å². The Morgan fingerprint density at radius 3 is 3.00 bits per heavy atom. The average Bonchev–Trinajstić information content (AvgIpc) is 2.40. The number of nitrogens with zero attached hydrogens (tertiary/aromatic N) is 1. The first-order valence-corrected chi connectivity index (χ1v) is 5.68. The van der Waals surface area contributed by atoms with Crippen molar-refractivity contribution < 1.29 is 4.74 Å². The smallest absolute Gasteiger partial charge is 0.0963 e. The molecule has 14 heavy (non-hydrogen) atoms. The minimum Gasteiger partial charge on any atom is -0.377 e. The highest BCUT2D eigenvalue weighted by Crippen LogP contribution is 2.05. The van der Waals surface area contributed by atoms with E-state index in [0.29, 0.717) is 6.10 Å². The molecule has 0 aromatic rings. The van der Waals surface area contributed by atoms with Gasteiger partial charge in [-0.15, -0.1) is 0 Å². The van der Waals surface area contributed by atoms with Crippen molar-refractivity contribution in [3.63, 3.8) is 0 Å². The molecule has 0 amide bonds. The lowest BCUT2D eigenvalue weighted by atomic mass is 10.2. The van der Waals surface area contributed by atoms with E-state index in [2.05, 4.69) is 24.2 Å². The van der Waals surface area contributed by atoms with Crippen LogP contribution in [0.1, 0.15) is 39.5 Å².